The third-order valence-corrected chi connectivity index (χ3v) is 5.31. The number of anilines is 1. The maximum Gasteiger partial charge on any atom is 0.236 e. The molecule has 0 N–H and O–H groups in total. The van der Waals surface area contributed by atoms with Crippen LogP contribution in [0.25, 0.3) is 0 Å². The van der Waals surface area contributed by atoms with Gasteiger partial charge in [0.15, 0.2) is 0 Å². The summed E-state index contributed by atoms with van der Waals surface area (Å²) in [5, 5.41) is 0. The smallest absolute Gasteiger partial charge is 0.236 e. The van der Waals surface area contributed by atoms with Crippen molar-refractivity contribution in [2.45, 2.75) is 19.8 Å². The fraction of sp³-hybridized carbons (Fsp3) is 0.632. The largest absolute Gasteiger partial charge is 0.497 e. The number of piperazine rings is 1. The van der Waals surface area contributed by atoms with Crippen LogP contribution < -0.4 is 9.64 Å². The Kier molecular flexibility index (Phi) is 5.61. The van der Waals surface area contributed by atoms with E-state index in [2.05, 4.69) is 28.9 Å². The predicted molar refractivity (Wildman–Crippen MR) is 96.6 cm³/mol. The van der Waals surface area contributed by atoms with Crippen LogP contribution >= 0.6 is 0 Å². The summed E-state index contributed by atoms with van der Waals surface area (Å²) in [6.07, 6.45) is 2.44. The van der Waals surface area contributed by atoms with Crippen LogP contribution in [0.2, 0.25) is 0 Å². The average molecular weight is 331 g/mol. The number of nitrogens with zero attached hydrogens (tertiary/aromatic N) is 3. The molecule has 2 saturated heterocycles. The monoisotopic (exact) mass is 331 g/mol. The molecule has 2 heterocycles. The molecule has 0 bridgehead atoms. The number of rotatable bonds is 4. The van der Waals surface area contributed by atoms with E-state index >= 15 is 0 Å². The van der Waals surface area contributed by atoms with E-state index in [4.69, 9.17) is 4.74 Å². The maximum atomic E-state index is 12.5. The van der Waals surface area contributed by atoms with Gasteiger partial charge in [-0.15, -0.1) is 0 Å². The number of likely N-dealkylation sites (tertiary alicyclic amines) is 1. The average Bonchev–Trinajstić information content (AvgIpc) is 2.64. The molecular formula is C19H29N3O2. The minimum Gasteiger partial charge on any atom is -0.497 e. The molecule has 2 fully saturated rings. The highest BCUT2D eigenvalue weighted by Crippen LogP contribution is 2.21. The Morgan fingerprint density at radius 2 is 1.67 bits per heavy atom. The fourth-order valence-electron chi connectivity index (χ4n) is 3.52. The Balaban J connectivity index is 1.46. The number of benzene rings is 1. The fourth-order valence-corrected chi connectivity index (χ4v) is 3.52. The third kappa shape index (κ3) is 4.20. The Labute approximate surface area is 145 Å². The van der Waals surface area contributed by atoms with Gasteiger partial charge >= 0.3 is 0 Å². The van der Waals surface area contributed by atoms with E-state index < -0.39 is 0 Å². The van der Waals surface area contributed by atoms with Gasteiger partial charge in [-0.1, -0.05) is 6.92 Å². The van der Waals surface area contributed by atoms with Crippen LogP contribution in [0, 0.1) is 5.92 Å². The Morgan fingerprint density at radius 1 is 1.04 bits per heavy atom. The van der Waals surface area contributed by atoms with Gasteiger partial charge < -0.3 is 14.5 Å². The minimum atomic E-state index is 0.291. The molecule has 2 aliphatic heterocycles. The van der Waals surface area contributed by atoms with Crippen LogP contribution in [0.1, 0.15) is 19.8 Å². The molecule has 2 aliphatic rings. The van der Waals surface area contributed by atoms with Gasteiger partial charge in [-0.05, 0) is 56.1 Å². The lowest BCUT2D eigenvalue weighted by atomic mass is 9.99. The lowest BCUT2D eigenvalue weighted by Gasteiger charge is -2.37. The molecular weight excluding hydrogens is 302 g/mol. The summed E-state index contributed by atoms with van der Waals surface area (Å²) in [6, 6.07) is 8.16. The molecule has 5 heteroatoms. The van der Waals surface area contributed by atoms with E-state index in [1.807, 2.05) is 17.0 Å². The molecule has 1 aromatic rings. The van der Waals surface area contributed by atoms with Gasteiger partial charge in [-0.25, -0.2) is 0 Å². The number of carbonyl (C=O) groups excluding carboxylic acids is 1. The van der Waals surface area contributed by atoms with Crippen LogP contribution in [0.5, 0.6) is 5.75 Å². The van der Waals surface area contributed by atoms with Gasteiger partial charge in [0.2, 0.25) is 5.91 Å². The van der Waals surface area contributed by atoms with Crippen molar-refractivity contribution >= 4 is 11.6 Å². The molecule has 3 rings (SSSR count). The van der Waals surface area contributed by atoms with E-state index in [-0.39, 0.29) is 0 Å². The predicted octanol–water partition coefficient (Wildman–Crippen LogP) is 2.08. The second kappa shape index (κ2) is 7.88. The second-order valence-electron chi connectivity index (χ2n) is 7.02. The molecule has 0 aliphatic carbocycles. The SMILES string of the molecule is COc1ccc(N2CCN(C(=O)CN3CCC(C)CC3)CC2)cc1. The lowest BCUT2D eigenvalue weighted by molar-refractivity contribution is -0.133. The first-order valence-corrected chi connectivity index (χ1v) is 9.05. The number of amides is 1. The standard InChI is InChI=1S/C19H29N3O2/c1-16-7-9-20(10-8-16)15-19(23)22-13-11-21(12-14-22)17-3-5-18(24-2)6-4-17/h3-6,16H,7-15H2,1-2H3. The van der Waals surface area contributed by atoms with Crippen molar-refractivity contribution in [1.82, 2.24) is 9.80 Å². The number of piperidine rings is 1. The van der Waals surface area contributed by atoms with Crippen LogP contribution in [-0.2, 0) is 4.79 Å². The van der Waals surface area contributed by atoms with Crippen molar-refractivity contribution in [2.75, 3.05) is 57.8 Å². The Morgan fingerprint density at radius 3 is 2.25 bits per heavy atom. The van der Waals surface area contributed by atoms with E-state index in [1.165, 1.54) is 18.5 Å². The topological polar surface area (TPSA) is 36.0 Å². The van der Waals surface area contributed by atoms with Gasteiger partial charge in [0.05, 0.1) is 13.7 Å². The molecule has 0 atom stereocenters. The Bertz CT molecular complexity index is 530. The first kappa shape index (κ1) is 17.1. The summed E-state index contributed by atoms with van der Waals surface area (Å²) < 4.78 is 5.21. The summed E-state index contributed by atoms with van der Waals surface area (Å²) >= 11 is 0. The molecule has 5 nitrogen and oxygen atoms in total. The summed E-state index contributed by atoms with van der Waals surface area (Å²) in [5.41, 5.74) is 1.20. The number of hydrogen-bond donors (Lipinski definition) is 0. The molecule has 0 unspecified atom stereocenters. The van der Waals surface area contributed by atoms with Gasteiger partial charge in [-0.3, -0.25) is 9.69 Å². The highest BCUT2D eigenvalue weighted by atomic mass is 16.5. The molecule has 0 spiro atoms. The quantitative estimate of drug-likeness (QED) is 0.846. The molecule has 0 aromatic heterocycles. The zero-order valence-electron chi connectivity index (χ0n) is 14.9. The number of ether oxygens (including phenoxy) is 1. The molecule has 24 heavy (non-hydrogen) atoms. The number of methoxy groups -OCH3 is 1. The molecule has 1 amide bonds. The Hall–Kier alpha value is -1.75. The summed E-state index contributed by atoms with van der Waals surface area (Å²) in [7, 11) is 1.68. The first-order chi connectivity index (χ1) is 11.7. The van der Waals surface area contributed by atoms with Crippen LogP contribution in [0.3, 0.4) is 0 Å². The van der Waals surface area contributed by atoms with Crippen molar-refractivity contribution in [1.29, 1.82) is 0 Å². The maximum absolute atomic E-state index is 12.5. The van der Waals surface area contributed by atoms with Crippen molar-refractivity contribution in [3.05, 3.63) is 24.3 Å². The summed E-state index contributed by atoms with van der Waals surface area (Å²) in [6.45, 7) is 8.46. The van der Waals surface area contributed by atoms with E-state index in [1.54, 1.807) is 7.11 Å². The highest BCUT2D eigenvalue weighted by molar-refractivity contribution is 5.78. The third-order valence-electron chi connectivity index (χ3n) is 5.31. The second-order valence-corrected chi connectivity index (χ2v) is 7.02. The summed E-state index contributed by atoms with van der Waals surface area (Å²) in [5.74, 6) is 1.98. The van der Waals surface area contributed by atoms with Crippen LogP contribution in [0.15, 0.2) is 24.3 Å². The van der Waals surface area contributed by atoms with Crippen LogP contribution in [-0.4, -0.2) is 68.6 Å². The van der Waals surface area contributed by atoms with Crippen molar-refractivity contribution < 1.29 is 9.53 Å². The molecule has 1 aromatic carbocycles. The molecule has 0 saturated carbocycles. The number of hydrogen-bond acceptors (Lipinski definition) is 4. The zero-order chi connectivity index (χ0) is 16.9. The first-order valence-electron chi connectivity index (χ1n) is 9.05. The highest BCUT2D eigenvalue weighted by Gasteiger charge is 2.24. The van der Waals surface area contributed by atoms with Gasteiger partial charge in [0.1, 0.15) is 5.75 Å². The van der Waals surface area contributed by atoms with E-state index in [0.29, 0.717) is 12.5 Å². The van der Waals surface area contributed by atoms with Gasteiger partial charge in [-0.2, -0.15) is 0 Å². The molecule has 0 radical (unpaired) electrons. The minimum absolute atomic E-state index is 0.291. The van der Waals surface area contributed by atoms with Crippen molar-refractivity contribution in [3.63, 3.8) is 0 Å². The van der Waals surface area contributed by atoms with Gasteiger partial charge in [0.25, 0.3) is 0 Å². The molecule has 132 valence electrons. The van der Waals surface area contributed by atoms with Gasteiger partial charge in [0, 0.05) is 31.9 Å². The van der Waals surface area contributed by atoms with Crippen molar-refractivity contribution in [2.24, 2.45) is 5.92 Å². The zero-order valence-corrected chi connectivity index (χ0v) is 14.9. The summed E-state index contributed by atoms with van der Waals surface area (Å²) in [4.78, 5) is 19.2. The van der Waals surface area contributed by atoms with E-state index in [0.717, 1.165) is 50.9 Å². The normalized spacial score (nSPS) is 20.2. The van der Waals surface area contributed by atoms with E-state index in [9.17, 15) is 4.79 Å². The lowest BCUT2D eigenvalue weighted by Crippen LogP contribution is -2.51. The number of carbonyl (C=O) groups is 1. The van der Waals surface area contributed by atoms with Crippen LogP contribution in [0.4, 0.5) is 5.69 Å². The van der Waals surface area contributed by atoms with Crippen molar-refractivity contribution in [3.8, 4) is 5.75 Å².